The highest BCUT2D eigenvalue weighted by atomic mass is 17.0. The van der Waals surface area contributed by atoms with E-state index in [-0.39, 0.29) is 5.56 Å². The molecule has 0 aliphatic heterocycles. The number of amides is 1. The fourth-order valence-electron chi connectivity index (χ4n) is 5.78. The number of nitrogens with zero attached hydrogens (tertiary/aromatic N) is 2. The van der Waals surface area contributed by atoms with Gasteiger partial charge in [-0.25, -0.2) is 0 Å². The fraction of sp³-hybridized carbons (Fsp3) is 0.409. The number of phenolic OH excluding ortho intramolecular Hbond substituents is 1. The SMILES string of the molecule is C[C@H]1c2cccc(O)c2C(=O)C2=C(O)[C@]3(O)C(=O)C(C(N)=O)=C(O)[C@@H](N(C)C)[C@@H]3C(O[N+](=O)[O-])[C@@H]21. The quantitative estimate of drug-likeness (QED) is 0.213. The van der Waals surface area contributed by atoms with Crippen molar-refractivity contribution in [3.63, 3.8) is 0 Å². The maximum Gasteiger partial charge on any atom is 0.294 e. The Labute approximate surface area is 197 Å². The van der Waals surface area contributed by atoms with Gasteiger partial charge in [0.05, 0.1) is 17.5 Å². The lowest BCUT2D eigenvalue weighted by molar-refractivity contribution is -0.773. The third kappa shape index (κ3) is 3.04. The highest BCUT2D eigenvalue weighted by Crippen LogP contribution is 2.56. The Balaban J connectivity index is 2.11. The lowest BCUT2D eigenvalue weighted by Crippen LogP contribution is -2.69. The number of carbonyl (C=O) groups excluding carboxylic acids is 3. The molecule has 0 saturated carbocycles. The van der Waals surface area contributed by atoms with Crippen molar-refractivity contribution in [1.82, 2.24) is 4.90 Å². The number of primary amides is 1. The molecule has 0 saturated heterocycles. The van der Waals surface area contributed by atoms with Crippen molar-refractivity contribution in [3.05, 3.63) is 62.1 Å². The average Bonchev–Trinajstić information content (AvgIpc) is 2.75. The molecule has 0 bridgehead atoms. The zero-order valence-electron chi connectivity index (χ0n) is 18.8. The number of phenols is 1. The molecule has 1 aromatic rings. The summed E-state index contributed by atoms with van der Waals surface area (Å²) in [5.74, 6) is -10.2. The Hall–Kier alpha value is -3.97. The molecule has 0 spiro atoms. The van der Waals surface area contributed by atoms with Gasteiger partial charge in [-0.3, -0.25) is 19.3 Å². The van der Waals surface area contributed by atoms with E-state index >= 15 is 0 Å². The number of benzene rings is 1. The molecule has 13 heteroatoms. The molecule has 35 heavy (non-hydrogen) atoms. The molecule has 1 amide bonds. The molecule has 0 fully saturated rings. The maximum atomic E-state index is 13.5. The molecular formula is C22H23N3O10. The number of nitrogens with two attached hydrogens (primary N) is 1. The van der Waals surface area contributed by atoms with Gasteiger partial charge >= 0.3 is 0 Å². The first-order valence-electron chi connectivity index (χ1n) is 10.5. The van der Waals surface area contributed by atoms with Crippen molar-refractivity contribution >= 4 is 17.5 Å². The van der Waals surface area contributed by atoms with Crippen LogP contribution in [0.4, 0.5) is 0 Å². The Morgan fingerprint density at radius 3 is 2.40 bits per heavy atom. The summed E-state index contributed by atoms with van der Waals surface area (Å²) < 4.78 is 0. The van der Waals surface area contributed by atoms with Gasteiger partial charge in [0.2, 0.25) is 5.78 Å². The minimum Gasteiger partial charge on any atom is -0.510 e. The van der Waals surface area contributed by atoms with Crippen molar-refractivity contribution in [1.29, 1.82) is 0 Å². The summed E-state index contributed by atoms with van der Waals surface area (Å²) in [6.45, 7) is 1.57. The minimum absolute atomic E-state index is 0.208. The van der Waals surface area contributed by atoms with Crippen LogP contribution in [0.15, 0.2) is 40.9 Å². The molecule has 3 aliphatic rings. The molecule has 0 heterocycles. The van der Waals surface area contributed by atoms with Crippen LogP contribution in [0.2, 0.25) is 0 Å². The summed E-state index contributed by atoms with van der Waals surface area (Å²) in [5.41, 5.74) is 0.685. The number of fused-ring (bicyclic) bond motifs is 3. The fourth-order valence-corrected chi connectivity index (χ4v) is 5.78. The second-order valence-corrected chi connectivity index (χ2v) is 9.10. The summed E-state index contributed by atoms with van der Waals surface area (Å²) in [6.07, 6.45) is -1.75. The Morgan fingerprint density at radius 2 is 1.86 bits per heavy atom. The first-order valence-corrected chi connectivity index (χ1v) is 10.5. The smallest absolute Gasteiger partial charge is 0.294 e. The molecular weight excluding hydrogens is 466 g/mol. The normalized spacial score (nSPS) is 32.2. The van der Waals surface area contributed by atoms with E-state index in [1.165, 1.54) is 37.2 Å². The van der Waals surface area contributed by atoms with E-state index in [4.69, 9.17) is 10.6 Å². The topological polar surface area (TPSA) is 214 Å². The molecule has 13 nitrogen and oxygen atoms in total. The first kappa shape index (κ1) is 24.2. The summed E-state index contributed by atoms with van der Waals surface area (Å²) >= 11 is 0. The number of hydrogen-bond donors (Lipinski definition) is 5. The molecule has 1 unspecified atom stereocenters. The number of Topliss-reactive ketones (excluding diaryl/α,β-unsaturated/α-hetero) is 2. The van der Waals surface area contributed by atoms with Crippen LogP contribution >= 0.6 is 0 Å². The van der Waals surface area contributed by atoms with Gasteiger partial charge in [-0.2, -0.15) is 0 Å². The highest BCUT2D eigenvalue weighted by molar-refractivity contribution is 6.25. The lowest BCUT2D eigenvalue weighted by Gasteiger charge is -2.54. The van der Waals surface area contributed by atoms with Gasteiger partial charge in [0.1, 0.15) is 28.9 Å². The second-order valence-electron chi connectivity index (χ2n) is 9.10. The largest absolute Gasteiger partial charge is 0.510 e. The van der Waals surface area contributed by atoms with Crippen LogP contribution in [0.25, 0.3) is 0 Å². The van der Waals surface area contributed by atoms with Gasteiger partial charge in [0.25, 0.3) is 11.0 Å². The van der Waals surface area contributed by atoms with Gasteiger partial charge in [-0.15, -0.1) is 10.1 Å². The maximum absolute atomic E-state index is 13.5. The Morgan fingerprint density at radius 1 is 1.23 bits per heavy atom. The number of aromatic hydroxyl groups is 1. The third-order valence-electron chi connectivity index (χ3n) is 7.18. The van der Waals surface area contributed by atoms with Crippen LogP contribution in [0.1, 0.15) is 28.8 Å². The highest BCUT2D eigenvalue weighted by Gasteiger charge is 2.68. The summed E-state index contributed by atoms with van der Waals surface area (Å²) in [5, 5.41) is 54.5. The monoisotopic (exact) mass is 489 g/mol. The number of aliphatic hydroxyl groups excluding tert-OH is 2. The van der Waals surface area contributed by atoms with E-state index in [0.717, 1.165) is 0 Å². The van der Waals surface area contributed by atoms with E-state index in [1.807, 2.05) is 0 Å². The van der Waals surface area contributed by atoms with Crippen LogP contribution in [-0.4, -0.2) is 79.7 Å². The number of carbonyl (C=O) groups is 3. The molecule has 3 aliphatic carbocycles. The van der Waals surface area contributed by atoms with Gasteiger partial charge in [-0.1, -0.05) is 19.1 Å². The standard InChI is InChI=1S/C22H23N3O10/c1-7-8-5-4-6-9(26)11(8)16(27)12-10(7)18(35-25(33)34)14-15(24(2)3)17(28)13(21(23)31)20(30)22(14,32)19(12)29/h4-7,10,14-15,18,26,28-29,32H,1-3H3,(H2,23,31)/t7-,10+,14+,15-,18?,22-/m0/s1. The number of ketones is 2. The first-order chi connectivity index (χ1) is 16.3. The number of aliphatic hydroxyl groups is 3. The van der Waals surface area contributed by atoms with E-state index in [9.17, 15) is 44.9 Å². The second kappa shape index (κ2) is 7.78. The lowest BCUT2D eigenvalue weighted by atomic mass is 9.55. The van der Waals surface area contributed by atoms with Crippen molar-refractivity contribution in [2.45, 2.75) is 30.6 Å². The van der Waals surface area contributed by atoms with Crippen molar-refractivity contribution in [3.8, 4) is 5.75 Å². The zero-order valence-corrected chi connectivity index (χ0v) is 18.8. The third-order valence-corrected chi connectivity index (χ3v) is 7.18. The van der Waals surface area contributed by atoms with E-state index in [1.54, 1.807) is 6.92 Å². The average molecular weight is 489 g/mol. The van der Waals surface area contributed by atoms with Gasteiger partial charge in [-0.05, 0) is 31.6 Å². The van der Waals surface area contributed by atoms with Crippen molar-refractivity contribution in [2.75, 3.05) is 14.1 Å². The summed E-state index contributed by atoms with van der Waals surface area (Å²) in [7, 11) is 2.80. The number of rotatable bonds is 4. The Bertz CT molecular complexity index is 1250. The molecule has 0 radical (unpaired) electrons. The Kier molecular flexibility index (Phi) is 5.37. The van der Waals surface area contributed by atoms with E-state index < -0.39 is 86.5 Å². The zero-order chi connectivity index (χ0) is 26.1. The summed E-state index contributed by atoms with van der Waals surface area (Å²) in [6, 6.07) is 2.76. The predicted octanol–water partition coefficient (Wildman–Crippen LogP) is -0.132. The minimum atomic E-state index is -3.09. The van der Waals surface area contributed by atoms with Gasteiger partial charge in [0.15, 0.2) is 11.4 Å². The molecule has 6 N–H and O–H groups in total. The van der Waals surface area contributed by atoms with Crippen molar-refractivity contribution in [2.24, 2.45) is 17.6 Å². The molecule has 1 aromatic carbocycles. The van der Waals surface area contributed by atoms with Crippen LogP contribution in [-0.2, 0) is 14.4 Å². The van der Waals surface area contributed by atoms with E-state index in [2.05, 4.69) is 0 Å². The van der Waals surface area contributed by atoms with Crippen molar-refractivity contribution < 1.29 is 44.7 Å². The molecule has 186 valence electrons. The van der Waals surface area contributed by atoms with Crippen LogP contribution < -0.4 is 5.73 Å². The van der Waals surface area contributed by atoms with E-state index in [0.29, 0.717) is 5.56 Å². The molecule has 6 atom stereocenters. The van der Waals surface area contributed by atoms with Crippen LogP contribution in [0.3, 0.4) is 0 Å². The predicted molar refractivity (Wildman–Crippen MR) is 116 cm³/mol. The van der Waals surface area contributed by atoms with Gasteiger partial charge < -0.3 is 31.0 Å². The van der Waals surface area contributed by atoms with Crippen LogP contribution in [0, 0.1) is 22.0 Å². The van der Waals surface area contributed by atoms with Crippen LogP contribution in [0.5, 0.6) is 5.75 Å². The van der Waals surface area contributed by atoms with Gasteiger partial charge in [0, 0.05) is 11.5 Å². The number of likely N-dealkylation sites (N-methyl/N-ethyl adjacent to an activating group) is 1. The number of hydrogen-bond acceptors (Lipinski definition) is 11. The summed E-state index contributed by atoms with van der Waals surface area (Å²) in [4.78, 5) is 56.7. The molecule has 4 rings (SSSR count). The molecule has 0 aromatic heterocycles.